The Labute approximate surface area is 117 Å². The van der Waals surface area contributed by atoms with Gasteiger partial charge in [-0.1, -0.05) is 12.1 Å². The zero-order valence-electron chi connectivity index (χ0n) is 11.1. The summed E-state index contributed by atoms with van der Waals surface area (Å²) in [6, 6.07) is 13.0. The van der Waals surface area contributed by atoms with Crippen LogP contribution in [0.1, 0.15) is 21.5 Å². The Morgan fingerprint density at radius 2 is 2.00 bits per heavy atom. The lowest BCUT2D eigenvalue weighted by Crippen LogP contribution is -2.22. The zero-order chi connectivity index (χ0) is 13.9. The fourth-order valence-corrected chi connectivity index (χ4v) is 2.25. The summed E-state index contributed by atoms with van der Waals surface area (Å²) in [6.07, 6.45) is 0.869. The standard InChI is InChI=1S/C16H16N2O2/c17-14-4-1-11(2-5-14)10-18-16(19)13-3-6-15-12(9-13)7-8-20-15/h1-6,9H,7-8,10,17H2,(H,18,19). The van der Waals surface area contributed by atoms with Gasteiger partial charge in [-0.3, -0.25) is 4.79 Å². The first-order chi connectivity index (χ1) is 9.72. The molecular weight excluding hydrogens is 252 g/mol. The lowest BCUT2D eigenvalue weighted by Gasteiger charge is -2.07. The van der Waals surface area contributed by atoms with Crippen LogP contribution in [0.25, 0.3) is 0 Å². The molecule has 0 aliphatic carbocycles. The van der Waals surface area contributed by atoms with Gasteiger partial charge in [0.15, 0.2) is 0 Å². The summed E-state index contributed by atoms with van der Waals surface area (Å²) in [5.41, 5.74) is 9.15. The molecule has 102 valence electrons. The number of benzene rings is 2. The average molecular weight is 268 g/mol. The fraction of sp³-hybridized carbons (Fsp3) is 0.188. The highest BCUT2D eigenvalue weighted by atomic mass is 16.5. The van der Waals surface area contributed by atoms with Crippen molar-refractivity contribution >= 4 is 11.6 Å². The van der Waals surface area contributed by atoms with Crippen molar-refractivity contribution in [3.8, 4) is 5.75 Å². The Morgan fingerprint density at radius 3 is 2.80 bits per heavy atom. The number of nitrogen functional groups attached to an aromatic ring is 1. The Morgan fingerprint density at radius 1 is 1.20 bits per heavy atom. The molecule has 0 radical (unpaired) electrons. The third-order valence-electron chi connectivity index (χ3n) is 3.38. The van der Waals surface area contributed by atoms with Crippen LogP contribution in [0.3, 0.4) is 0 Å². The van der Waals surface area contributed by atoms with Crippen LogP contribution in [0.2, 0.25) is 0 Å². The van der Waals surface area contributed by atoms with Gasteiger partial charge >= 0.3 is 0 Å². The largest absolute Gasteiger partial charge is 0.493 e. The van der Waals surface area contributed by atoms with E-state index in [1.165, 1.54) is 0 Å². The monoisotopic (exact) mass is 268 g/mol. The molecule has 0 unspecified atom stereocenters. The number of nitrogens with two attached hydrogens (primary N) is 1. The minimum atomic E-state index is -0.0727. The van der Waals surface area contributed by atoms with Gasteiger partial charge in [0.05, 0.1) is 6.61 Å². The second-order valence-electron chi connectivity index (χ2n) is 4.85. The summed E-state index contributed by atoms with van der Waals surface area (Å²) in [5, 5.41) is 2.91. The van der Waals surface area contributed by atoms with Crippen LogP contribution in [0.15, 0.2) is 42.5 Å². The highest BCUT2D eigenvalue weighted by Crippen LogP contribution is 2.25. The number of amides is 1. The number of hydrogen-bond acceptors (Lipinski definition) is 3. The first kappa shape index (κ1) is 12.5. The molecule has 20 heavy (non-hydrogen) atoms. The maximum absolute atomic E-state index is 12.1. The van der Waals surface area contributed by atoms with Gasteiger partial charge in [-0.2, -0.15) is 0 Å². The summed E-state index contributed by atoms with van der Waals surface area (Å²) in [4.78, 5) is 12.1. The molecule has 1 heterocycles. The molecule has 0 saturated heterocycles. The second kappa shape index (κ2) is 5.25. The summed E-state index contributed by atoms with van der Waals surface area (Å²) in [6.45, 7) is 1.19. The molecule has 0 atom stereocenters. The van der Waals surface area contributed by atoms with Gasteiger partial charge in [0.25, 0.3) is 5.91 Å². The smallest absolute Gasteiger partial charge is 0.251 e. The molecule has 0 fully saturated rings. The van der Waals surface area contributed by atoms with E-state index in [0.717, 1.165) is 29.0 Å². The number of nitrogens with one attached hydrogen (secondary N) is 1. The molecule has 4 nitrogen and oxygen atoms in total. The predicted octanol–water partition coefficient (Wildman–Crippen LogP) is 2.13. The highest BCUT2D eigenvalue weighted by molar-refractivity contribution is 5.94. The van der Waals surface area contributed by atoms with E-state index in [1.807, 2.05) is 36.4 Å². The van der Waals surface area contributed by atoms with Crippen molar-refractivity contribution in [2.75, 3.05) is 12.3 Å². The predicted molar refractivity (Wildman–Crippen MR) is 77.7 cm³/mol. The number of carbonyl (C=O) groups excluding carboxylic acids is 1. The number of carbonyl (C=O) groups is 1. The van der Waals surface area contributed by atoms with Gasteiger partial charge in [-0.05, 0) is 41.5 Å². The van der Waals surface area contributed by atoms with Crippen molar-refractivity contribution in [2.24, 2.45) is 0 Å². The van der Waals surface area contributed by atoms with Crippen LogP contribution < -0.4 is 15.8 Å². The third-order valence-corrected chi connectivity index (χ3v) is 3.38. The van der Waals surface area contributed by atoms with Crippen molar-refractivity contribution in [1.29, 1.82) is 0 Å². The molecule has 0 saturated carbocycles. The van der Waals surface area contributed by atoms with Gasteiger partial charge in [0.1, 0.15) is 5.75 Å². The number of anilines is 1. The molecule has 0 spiro atoms. The van der Waals surface area contributed by atoms with Gasteiger partial charge in [-0.15, -0.1) is 0 Å². The second-order valence-corrected chi connectivity index (χ2v) is 4.85. The van der Waals surface area contributed by atoms with Crippen LogP contribution in [-0.2, 0) is 13.0 Å². The van der Waals surface area contributed by atoms with Gasteiger partial charge in [0.2, 0.25) is 0 Å². The first-order valence-electron chi connectivity index (χ1n) is 6.61. The van der Waals surface area contributed by atoms with Crippen molar-refractivity contribution in [2.45, 2.75) is 13.0 Å². The number of ether oxygens (including phenoxy) is 1. The Balaban J connectivity index is 1.66. The third kappa shape index (κ3) is 2.59. The Kier molecular flexibility index (Phi) is 3.29. The molecule has 0 aromatic heterocycles. The summed E-state index contributed by atoms with van der Waals surface area (Å²) < 4.78 is 5.43. The minimum Gasteiger partial charge on any atom is -0.493 e. The van der Waals surface area contributed by atoms with E-state index >= 15 is 0 Å². The first-order valence-corrected chi connectivity index (χ1v) is 6.61. The van der Waals surface area contributed by atoms with Gasteiger partial charge in [0, 0.05) is 24.2 Å². The molecular formula is C16H16N2O2. The van der Waals surface area contributed by atoms with Crippen LogP contribution >= 0.6 is 0 Å². The molecule has 0 bridgehead atoms. The molecule has 1 aliphatic heterocycles. The van der Waals surface area contributed by atoms with Crippen LogP contribution in [-0.4, -0.2) is 12.5 Å². The van der Waals surface area contributed by atoms with E-state index in [9.17, 15) is 4.79 Å². The van der Waals surface area contributed by atoms with Crippen LogP contribution in [0.4, 0.5) is 5.69 Å². The van der Waals surface area contributed by atoms with E-state index in [2.05, 4.69) is 5.32 Å². The number of hydrogen-bond donors (Lipinski definition) is 2. The highest BCUT2D eigenvalue weighted by Gasteiger charge is 2.14. The normalized spacial score (nSPS) is 12.6. The van der Waals surface area contributed by atoms with Crippen LogP contribution in [0, 0.1) is 0 Å². The topological polar surface area (TPSA) is 64.3 Å². The summed E-state index contributed by atoms with van der Waals surface area (Å²) in [5.74, 6) is 0.816. The lowest BCUT2D eigenvalue weighted by molar-refractivity contribution is 0.0951. The molecule has 1 aliphatic rings. The minimum absolute atomic E-state index is 0.0727. The Hall–Kier alpha value is -2.49. The summed E-state index contributed by atoms with van der Waals surface area (Å²) >= 11 is 0. The maximum atomic E-state index is 12.1. The maximum Gasteiger partial charge on any atom is 0.251 e. The number of rotatable bonds is 3. The molecule has 2 aromatic rings. The lowest BCUT2D eigenvalue weighted by atomic mass is 10.1. The molecule has 3 rings (SSSR count). The van der Waals surface area contributed by atoms with Crippen molar-refractivity contribution in [3.05, 3.63) is 59.2 Å². The Bertz CT molecular complexity index is 635. The molecule has 3 N–H and O–H groups in total. The average Bonchev–Trinajstić information content (AvgIpc) is 2.93. The van der Waals surface area contributed by atoms with E-state index in [-0.39, 0.29) is 5.91 Å². The molecule has 2 aromatic carbocycles. The zero-order valence-corrected chi connectivity index (χ0v) is 11.1. The fourth-order valence-electron chi connectivity index (χ4n) is 2.25. The molecule has 1 amide bonds. The van der Waals surface area contributed by atoms with E-state index in [0.29, 0.717) is 18.7 Å². The van der Waals surface area contributed by atoms with E-state index in [1.54, 1.807) is 6.07 Å². The van der Waals surface area contributed by atoms with Gasteiger partial charge < -0.3 is 15.8 Å². The molecule has 4 heteroatoms. The SMILES string of the molecule is Nc1ccc(CNC(=O)c2ccc3c(c2)CCO3)cc1. The van der Waals surface area contributed by atoms with Crippen molar-refractivity contribution in [3.63, 3.8) is 0 Å². The quantitative estimate of drug-likeness (QED) is 0.838. The van der Waals surface area contributed by atoms with Crippen molar-refractivity contribution < 1.29 is 9.53 Å². The van der Waals surface area contributed by atoms with Crippen molar-refractivity contribution in [1.82, 2.24) is 5.32 Å². The van der Waals surface area contributed by atoms with E-state index < -0.39 is 0 Å². The number of fused-ring (bicyclic) bond motifs is 1. The van der Waals surface area contributed by atoms with Gasteiger partial charge in [-0.25, -0.2) is 0 Å². The van der Waals surface area contributed by atoms with Crippen LogP contribution in [0.5, 0.6) is 5.75 Å². The summed E-state index contributed by atoms with van der Waals surface area (Å²) in [7, 11) is 0. The van der Waals surface area contributed by atoms with E-state index in [4.69, 9.17) is 10.5 Å².